The third-order valence-electron chi connectivity index (χ3n) is 1.55. The Morgan fingerprint density at radius 2 is 2.38 bits per heavy atom. The number of pyridine rings is 1. The molecule has 0 spiro atoms. The number of amides is 1. The summed E-state index contributed by atoms with van der Waals surface area (Å²) in [6, 6.07) is 3.08. The second-order valence-electron chi connectivity index (χ2n) is 2.59. The van der Waals surface area contributed by atoms with Gasteiger partial charge in [-0.05, 0) is 11.6 Å². The quantitative estimate of drug-likeness (QED) is 0.698. The van der Waals surface area contributed by atoms with E-state index in [1.807, 2.05) is 0 Å². The van der Waals surface area contributed by atoms with Gasteiger partial charge in [0.25, 0.3) is 5.56 Å². The molecule has 1 aromatic rings. The Morgan fingerprint density at radius 1 is 1.69 bits per heavy atom. The van der Waals surface area contributed by atoms with Gasteiger partial charge >= 0.3 is 6.09 Å². The first-order valence-electron chi connectivity index (χ1n) is 3.67. The fourth-order valence-electron chi connectivity index (χ4n) is 0.834. The number of hydrogen-bond acceptors (Lipinski definition) is 3. The molecular formula is C8H10N2O3. The third kappa shape index (κ3) is 2.62. The van der Waals surface area contributed by atoms with Crippen LogP contribution in [0.2, 0.25) is 0 Å². The molecule has 0 bridgehead atoms. The summed E-state index contributed by atoms with van der Waals surface area (Å²) in [6.45, 7) is 0.0331. The van der Waals surface area contributed by atoms with Crippen molar-refractivity contribution in [3.63, 3.8) is 0 Å². The first-order chi connectivity index (χ1) is 6.09. The molecule has 1 aromatic heterocycles. The lowest BCUT2D eigenvalue weighted by Gasteiger charge is -2.01. The third-order valence-corrected chi connectivity index (χ3v) is 1.55. The zero-order valence-electron chi connectivity index (χ0n) is 7.19. The molecule has 0 aromatic carbocycles. The molecule has 0 aliphatic heterocycles. The van der Waals surface area contributed by atoms with Crippen LogP contribution in [0.4, 0.5) is 4.79 Å². The van der Waals surface area contributed by atoms with Gasteiger partial charge in [0.2, 0.25) is 0 Å². The maximum atomic E-state index is 11.1. The molecule has 0 radical (unpaired) electrons. The Hall–Kier alpha value is -1.78. The highest BCUT2D eigenvalue weighted by Crippen LogP contribution is 1.96. The lowest BCUT2D eigenvalue weighted by atomic mass is 10.3. The summed E-state index contributed by atoms with van der Waals surface area (Å²) in [6.07, 6.45) is 0.753. The minimum atomic E-state index is -0.847. The molecule has 0 saturated heterocycles. The van der Waals surface area contributed by atoms with Crippen molar-refractivity contribution in [2.75, 3.05) is 0 Å². The van der Waals surface area contributed by atoms with Gasteiger partial charge in [0.15, 0.2) is 0 Å². The fraction of sp³-hybridized carbons (Fsp3) is 0.250. The van der Waals surface area contributed by atoms with Crippen LogP contribution in [-0.2, 0) is 18.4 Å². The summed E-state index contributed by atoms with van der Waals surface area (Å²) in [5.41, 5.74) is 5.24. The Labute approximate surface area is 74.7 Å². The van der Waals surface area contributed by atoms with E-state index in [1.54, 1.807) is 19.3 Å². The SMILES string of the molecule is Cn1ccc(COC(N)=O)cc1=O. The molecule has 0 atom stereocenters. The molecule has 0 fully saturated rings. The van der Waals surface area contributed by atoms with Crippen molar-refractivity contribution in [3.8, 4) is 0 Å². The number of aromatic nitrogens is 1. The monoisotopic (exact) mass is 182 g/mol. The van der Waals surface area contributed by atoms with Gasteiger partial charge < -0.3 is 15.0 Å². The van der Waals surface area contributed by atoms with Crippen molar-refractivity contribution in [2.24, 2.45) is 12.8 Å². The van der Waals surface area contributed by atoms with Crippen LogP contribution in [0.5, 0.6) is 0 Å². The molecule has 13 heavy (non-hydrogen) atoms. The predicted octanol–water partition coefficient (Wildman–Crippen LogP) is -0.0194. The van der Waals surface area contributed by atoms with Crippen LogP contribution < -0.4 is 11.3 Å². The molecule has 5 nitrogen and oxygen atoms in total. The molecular weight excluding hydrogens is 172 g/mol. The number of primary amides is 1. The standard InChI is InChI=1S/C8H10N2O3/c1-10-3-2-6(4-7(10)11)5-13-8(9)12/h2-4H,5H2,1H3,(H2,9,12). The summed E-state index contributed by atoms with van der Waals surface area (Å²) < 4.78 is 5.94. The van der Waals surface area contributed by atoms with Crippen LogP contribution >= 0.6 is 0 Å². The molecule has 1 amide bonds. The smallest absolute Gasteiger partial charge is 0.404 e. The maximum absolute atomic E-state index is 11.1. The summed E-state index contributed by atoms with van der Waals surface area (Å²) in [7, 11) is 1.64. The van der Waals surface area contributed by atoms with Gasteiger partial charge in [-0.25, -0.2) is 4.79 Å². The van der Waals surface area contributed by atoms with Crippen molar-refractivity contribution in [3.05, 3.63) is 34.2 Å². The lowest BCUT2D eigenvalue weighted by molar-refractivity contribution is 0.150. The number of aryl methyl sites for hydroxylation is 1. The number of carbonyl (C=O) groups excluding carboxylic acids is 1. The van der Waals surface area contributed by atoms with Gasteiger partial charge in [0, 0.05) is 19.3 Å². The van der Waals surface area contributed by atoms with Crippen molar-refractivity contribution < 1.29 is 9.53 Å². The van der Waals surface area contributed by atoms with E-state index in [0.717, 1.165) is 0 Å². The molecule has 0 aliphatic carbocycles. The second kappa shape index (κ2) is 3.75. The van der Waals surface area contributed by atoms with Gasteiger partial charge in [0.1, 0.15) is 6.61 Å². The van der Waals surface area contributed by atoms with Crippen LogP contribution in [0.25, 0.3) is 0 Å². The zero-order valence-corrected chi connectivity index (χ0v) is 7.19. The highest BCUT2D eigenvalue weighted by atomic mass is 16.5. The molecule has 0 aliphatic rings. The second-order valence-corrected chi connectivity index (χ2v) is 2.59. The normalized spacial score (nSPS) is 9.62. The van der Waals surface area contributed by atoms with E-state index in [4.69, 9.17) is 5.73 Å². The van der Waals surface area contributed by atoms with Crippen molar-refractivity contribution in [1.82, 2.24) is 4.57 Å². The van der Waals surface area contributed by atoms with Crippen molar-refractivity contribution in [1.29, 1.82) is 0 Å². The minimum Gasteiger partial charge on any atom is -0.445 e. The number of nitrogens with zero attached hydrogens (tertiary/aromatic N) is 1. The van der Waals surface area contributed by atoms with E-state index in [9.17, 15) is 9.59 Å². The maximum Gasteiger partial charge on any atom is 0.404 e. The van der Waals surface area contributed by atoms with Crippen LogP contribution in [0, 0.1) is 0 Å². The van der Waals surface area contributed by atoms with Crippen molar-refractivity contribution in [2.45, 2.75) is 6.61 Å². The van der Waals surface area contributed by atoms with Gasteiger partial charge in [-0.2, -0.15) is 0 Å². The molecule has 2 N–H and O–H groups in total. The number of ether oxygens (including phenoxy) is 1. The molecule has 1 rings (SSSR count). The highest BCUT2D eigenvalue weighted by Gasteiger charge is 1.98. The van der Waals surface area contributed by atoms with Gasteiger partial charge in [-0.15, -0.1) is 0 Å². The van der Waals surface area contributed by atoms with Crippen LogP contribution in [0.1, 0.15) is 5.56 Å². The average Bonchev–Trinajstić information content (AvgIpc) is 2.07. The fourth-order valence-corrected chi connectivity index (χ4v) is 0.834. The topological polar surface area (TPSA) is 74.3 Å². The van der Waals surface area contributed by atoms with Crippen molar-refractivity contribution >= 4 is 6.09 Å². The van der Waals surface area contributed by atoms with E-state index in [0.29, 0.717) is 5.56 Å². The van der Waals surface area contributed by atoms with Gasteiger partial charge in [-0.1, -0.05) is 0 Å². The van der Waals surface area contributed by atoms with Crippen LogP contribution in [0.3, 0.4) is 0 Å². The first kappa shape index (κ1) is 9.31. The minimum absolute atomic E-state index is 0.0331. The number of nitrogens with two attached hydrogens (primary N) is 1. The highest BCUT2D eigenvalue weighted by molar-refractivity contribution is 5.64. The first-order valence-corrected chi connectivity index (χ1v) is 3.67. The number of hydrogen-bond donors (Lipinski definition) is 1. The summed E-state index contributed by atoms with van der Waals surface area (Å²) in [5, 5.41) is 0. The number of rotatable bonds is 2. The van der Waals surface area contributed by atoms with Gasteiger partial charge in [-0.3, -0.25) is 4.79 Å². The Morgan fingerprint density at radius 3 is 2.92 bits per heavy atom. The zero-order chi connectivity index (χ0) is 9.84. The van der Waals surface area contributed by atoms with Gasteiger partial charge in [0.05, 0.1) is 0 Å². The molecule has 5 heteroatoms. The number of carbonyl (C=O) groups is 1. The molecule has 0 unspecified atom stereocenters. The molecule has 70 valence electrons. The Kier molecular flexibility index (Phi) is 2.69. The van der Waals surface area contributed by atoms with E-state index in [2.05, 4.69) is 4.74 Å². The molecule has 1 heterocycles. The molecule has 0 saturated carbocycles. The van der Waals surface area contributed by atoms with E-state index in [1.165, 1.54) is 10.6 Å². The summed E-state index contributed by atoms with van der Waals surface area (Å²) in [5.74, 6) is 0. The van der Waals surface area contributed by atoms with Crippen LogP contribution in [-0.4, -0.2) is 10.7 Å². The average molecular weight is 182 g/mol. The van der Waals surface area contributed by atoms with Crippen LogP contribution in [0.15, 0.2) is 23.1 Å². The lowest BCUT2D eigenvalue weighted by Crippen LogP contribution is -2.17. The van der Waals surface area contributed by atoms with E-state index >= 15 is 0 Å². The van der Waals surface area contributed by atoms with E-state index in [-0.39, 0.29) is 12.2 Å². The summed E-state index contributed by atoms with van der Waals surface area (Å²) >= 11 is 0. The summed E-state index contributed by atoms with van der Waals surface area (Å²) in [4.78, 5) is 21.3. The predicted molar refractivity (Wildman–Crippen MR) is 46.1 cm³/mol. The van der Waals surface area contributed by atoms with E-state index < -0.39 is 6.09 Å². The Balaban J connectivity index is 2.74. The Bertz CT molecular complexity index is 370. The largest absolute Gasteiger partial charge is 0.445 e.